The number of pyridine rings is 1. The molecule has 37 heavy (non-hydrogen) atoms. The largest absolute Gasteiger partial charge is 0.330 e. The molecular formula is C31H36N4O2. The number of fused-ring (bicyclic) bond motifs is 2. The highest BCUT2D eigenvalue weighted by atomic mass is 16.2. The van der Waals surface area contributed by atoms with Gasteiger partial charge in [-0.2, -0.15) is 0 Å². The first-order valence-corrected chi connectivity index (χ1v) is 13.9. The van der Waals surface area contributed by atoms with Gasteiger partial charge in [0.05, 0.1) is 11.1 Å². The zero-order valence-electron chi connectivity index (χ0n) is 21.7. The van der Waals surface area contributed by atoms with E-state index in [1.54, 1.807) is 0 Å². The average molecular weight is 497 g/mol. The van der Waals surface area contributed by atoms with Gasteiger partial charge in [-0.3, -0.25) is 14.5 Å². The fourth-order valence-electron chi connectivity index (χ4n) is 6.27. The second-order valence-corrected chi connectivity index (χ2v) is 11.2. The number of rotatable bonds is 5. The Labute approximate surface area is 219 Å². The van der Waals surface area contributed by atoms with Crippen LogP contribution in [0.1, 0.15) is 83.8 Å². The first-order valence-electron chi connectivity index (χ1n) is 13.9. The summed E-state index contributed by atoms with van der Waals surface area (Å²) < 4.78 is 0. The minimum absolute atomic E-state index is 0.0295. The molecule has 1 N–H and O–H groups in total. The SMILES string of the molecule is CC1CCN(Cc2ccc(NC(=O)c3c4c(nc5ccccc35)C(=O)N(C3CCCCC3)C4)cc2)CC1. The number of likely N-dealkylation sites (tertiary alicyclic amines) is 1. The average Bonchev–Trinajstić information content (AvgIpc) is 3.25. The molecule has 3 heterocycles. The molecule has 3 aromatic rings. The van der Waals surface area contributed by atoms with Crippen molar-refractivity contribution in [3.63, 3.8) is 0 Å². The summed E-state index contributed by atoms with van der Waals surface area (Å²) in [6.07, 6.45) is 8.13. The summed E-state index contributed by atoms with van der Waals surface area (Å²) in [5.41, 5.74) is 4.51. The summed E-state index contributed by atoms with van der Waals surface area (Å²) in [5.74, 6) is 0.619. The normalized spacial score (nSPS) is 19.4. The summed E-state index contributed by atoms with van der Waals surface area (Å²) in [6, 6.07) is 16.1. The van der Waals surface area contributed by atoms with Crippen molar-refractivity contribution in [1.29, 1.82) is 0 Å². The minimum Gasteiger partial charge on any atom is -0.330 e. The third-order valence-electron chi connectivity index (χ3n) is 8.52. The van der Waals surface area contributed by atoms with Crippen LogP contribution in [0, 0.1) is 5.92 Å². The lowest BCUT2D eigenvalue weighted by Gasteiger charge is -2.30. The van der Waals surface area contributed by atoms with Crippen LogP contribution in [0.15, 0.2) is 48.5 Å². The molecule has 1 saturated carbocycles. The number of carbonyl (C=O) groups excluding carboxylic acids is 2. The van der Waals surface area contributed by atoms with Gasteiger partial charge in [-0.1, -0.05) is 56.5 Å². The Morgan fingerprint density at radius 1 is 0.973 bits per heavy atom. The van der Waals surface area contributed by atoms with Crippen LogP contribution in [0.25, 0.3) is 10.9 Å². The lowest BCUT2D eigenvalue weighted by Crippen LogP contribution is -2.37. The topological polar surface area (TPSA) is 65.5 Å². The predicted molar refractivity (Wildman–Crippen MR) is 147 cm³/mol. The molecule has 2 fully saturated rings. The molecule has 0 bridgehead atoms. The van der Waals surface area contributed by atoms with Crippen molar-refractivity contribution in [3.05, 3.63) is 70.9 Å². The Kier molecular flexibility index (Phi) is 6.68. The van der Waals surface area contributed by atoms with Crippen LogP contribution in [0.3, 0.4) is 0 Å². The molecule has 1 saturated heterocycles. The molecule has 2 aliphatic heterocycles. The molecule has 0 unspecified atom stereocenters. The number of nitrogens with zero attached hydrogens (tertiary/aromatic N) is 3. The van der Waals surface area contributed by atoms with Gasteiger partial charge in [0.15, 0.2) is 0 Å². The van der Waals surface area contributed by atoms with E-state index in [1.807, 2.05) is 41.3 Å². The first-order chi connectivity index (χ1) is 18.1. The van der Waals surface area contributed by atoms with Crippen LogP contribution in [-0.2, 0) is 13.1 Å². The lowest BCUT2D eigenvalue weighted by molar-refractivity contribution is 0.0655. The second kappa shape index (κ2) is 10.3. The van der Waals surface area contributed by atoms with E-state index in [9.17, 15) is 9.59 Å². The van der Waals surface area contributed by atoms with Crippen LogP contribution in [-0.4, -0.2) is 45.7 Å². The molecule has 0 atom stereocenters. The summed E-state index contributed by atoms with van der Waals surface area (Å²) in [7, 11) is 0. The van der Waals surface area contributed by atoms with Crippen molar-refractivity contribution in [2.45, 2.75) is 71.0 Å². The highest BCUT2D eigenvalue weighted by Crippen LogP contribution is 2.35. The van der Waals surface area contributed by atoms with E-state index in [1.165, 1.54) is 24.8 Å². The lowest BCUT2D eigenvalue weighted by atomic mass is 9.94. The van der Waals surface area contributed by atoms with Gasteiger partial charge >= 0.3 is 0 Å². The molecule has 3 aliphatic rings. The van der Waals surface area contributed by atoms with Crippen LogP contribution >= 0.6 is 0 Å². The standard InChI is InChI=1S/C31H36N4O2/c1-21-15-17-34(18-16-21)19-22-11-13-23(14-12-22)32-30(36)28-25-9-5-6-10-27(25)33-29-26(28)20-35(31(29)37)24-7-3-2-4-8-24/h5-6,9-14,21,24H,2-4,7-8,15-20H2,1H3,(H,32,36). The smallest absolute Gasteiger partial charge is 0.273 e. The maximum Gasteiger partial charge on any atom is 0.273 e. The Morgan fingerprint density at radius 3 is 2.46 bits per heavy atom. The third kappa shape index (κ3) is 4.87. The molecule has 2 amide bonds. The number of carbonyl (C=O) groups is 2. The summed E-state index contributed by atoms with van der Waals surface area (Å²) in [4.78, 5) is 36.4. The molecule has 1 aliphatic carbocycles. The van der Waals surface area contributed by atoms with Gasteiger partial charge in [-0.25, -0.2) is 4.98 Å². The number of aromatic nitrogens is 1. The number of amides is 2. The Balaban J connectivity index is 1.24. The van der Waals surface area contributed by atoms with Crippen molar-refractivity contribution in [2.75, 3.05) is 18.4 Å². The number of hydrogen-bond acceptors (Lipinski definition) is 4. The van der Waals surface area contributed by atoms with Crippen molar-refractivity contribution in [3.8, 4) is 0 Å². The number of hydrogen-bond donors (Lipinski definition) is 1. The zero-order chi connectivity index (χ0) is 25.4. The molecule has 0 spiro atoms. The van der Waals surface area contributed by atoms with E-state index in [0.717, 1.165) is 67.9 Å². The van der Waals surface area contributed by atoms with E-state index in [2.05, 4.69) is 29.3 Å². The monoisotopic (exact) mass is 496 g/mol. The Hall–Kier alpha value is -3.25. The third-order valence-corrected chi connectivity index (χ3v) is 8.52. The molecular weight excluding hydrogens is 460 g/mol. The first kappa shape index (κ1) is 24.1. The highest BCUT2D eigenvalue weighted by molar-refractivity contribution is 6.16. The van der Waals surface area contributed by atoms with Crippen molar-refractivity contribution in [2.24, 2.45) is 5.92 Å². The summed E-state index contributed by atoms with van der Waals surface area (Å²) >= 11 is 0. The molecule has 6 rings (SSSR count). The van der Waals surface area contributed by atoms with E-state index < -0.39 is 0 Å². The number of anilines is 1. The van der Waals surface area contributed by atoms with Crippen LogP contribution in [0.5, 0.6) is 0 Å². The van der Waals surface area contributed by atoms with Crippen molar-refractivity contribution >= 4 is 28.4 Å². The summed E-state index contributed by atoms with van der Waals surface area (Å²) in [6.45, 7) is 6.04. The fourth-order valence-corrected chi connectivity index (χ4v) is 6.27. The van der Waals surface area contributed by atoms with Crippen LogP contribution in [0.2, 0.25) is 0 Å². The second-order valence-electron chi connectivity index (χ2n) is 11.2. The number of para-hydroxylation sites is 1. The molecule has 1 aromatic heterocycles. The van der Waals surface area contributed by atoms with Gasteiger partial charge in [-0.05, 0) is 68.5 Å². The predicted octanol–water partition coefficient (Wildman–Crippen LogP) is 6.01. The van der Waals surface area contributed by atoms with Gasteiger partial charge in [0.2, 0.25) is 0 Å². The summed E-state index contributed by atoms with van der Waals surface area (Å²) in [5, 5.41) is 3.91. The van der Waals surface area contributed by atoms with Crippen LogP contribution < -0.4 is 5.32 Å². The fraction of sp³-hybridized carbons (Fsp3) is 0.452. The van der Waals surface area contributed by atoms with E-state index >= 15 is 0 Å². The maximum atomic E-state index is 13.7. The van der Waals surface area contributed by atoms with Crippen molar-refractivity contribution < 1.29 is 9.59 Å². The Bertz CT molecular complexity index is 1300. The molecule has 0 radical (unpaired) electrons. The van der Waals surface area contributed by atoms with Gasteiger partial charge in [0.1, 0.15) is 5.69 Å². The molecule has 192 valence electrons. The van der Waals surface area contributed by atoms with E-state index in [4.69, 9.17) is 4.98 Å². The Morgan fingerprint density at radius 2 is 1.70 bits per heavy atom. The minimum atomic E-state index is -0.175. The van der Waals surface area contributed by atoms with Gasteiger partial charge < -0.3 is 10.2 Å². The van der Waals surface area contributed by atoms with Gasteiger partial charge in [0, 0.05) is 35.8 Å². The molecule has 6 nitrogen and oxygen atoms in total. The van der Waals surface area contributed by atoms with Gasteiger partial charge in [-0.15, -0.1) is 0 Å². The van der Waals surface area contributed by atoms with E-state index in [0.29, 0.717) is 23.3 Å². The molecule has 6 heteroatoms. The van der Waals surface area contributed by atoms with Gasteiger partial charge in [0.25, 0.3) is 11.8 Å². The van der Waals surface area contributed by atoms with E-state index in [-0.39, 0.29) is 17.9 Å². The van der Waals surface area contributed by atoms with Crippen molar-refractivity contribution in [1.82, 2.24) is 14.8 Å². The zero-order valence-corrected chi connectivity index (χ0v) is 21.7. The maximum absolute atomic E-state index is 13.7. The number of piperidine rings is 1. The quantitative estimate of drug-likeness (QED) is 0.470. The number of nitrogens with one attached hydrogen (secondary N) is 1. The number of benzene rings is 2. The van der Waals surface area contributed by atoms with Crippen LogP contribution in [0.4, 0.5) is 5.69 Å². The highest BCUT2D eigenvalue weighted by Gasteiger charge is 2.38. The molecule has 2 aromatic carbocycles.